The van der Waals surface area contributed by atoms with Crippen LogP contribution in [0.1, 0.15) is 18.0 Å². The van der Waals surface area contributed by atoms with Gasteiger partial charge in [-0.05, 0) is 40.6 Å². The number of rotatable bonds is 1. The van der Waals surface area contributed by atoms with Crippen LogP contribution in [0.2, 0.25) is 0 Å². The summed E-state index contributed by atoms with van der Waals surface area (Å²) in [5.41, 5.74) is 7.41. The number of halogens is 1. The Hall–Kier alpha value is -0.420. The Labute approximate surface area is 101 Å². The Morgan fingerprint density at radius 1 is 1.67 bits per heavy atom. The Kier molecular flexibility index (Phi) is 3.11. The maximum atomic E-state index is 12.0. The number of hydrogen-bond acceptors (Lipinski definition) is 3. The van der Waals surface area contributed by atoms with Crippen LogP contribution in [0.3, 0.4) is 0 Å². The summed E-state index contributed by atoms with van der Waals surface area (Å²) in [5, 5.41) is 0. The molecule has 2 rings (SSSR count). The lowest BCUT2D eigenvalue weighted by Crippen LogP contribution is -2.26. The molecule has 0 amide bonds. The molecule has 2 heterocycles. The van der Waals surface area contributed by atoms with Crippen molar-refractivity contribution in [2.24, 2.45) is 0 Å². The summed E-state index contributed by atoms with van der Waals surface area (Å²) in [6, 6.07) is 0.307. The van der Waals surface area contributed by atoms with Gasteiger partial charge in [0.05, 0.1) is 10.2 Å². The van der Waals surface area contributed by atoms with Gasteiger partial charge in [-0.3, -0.25) is 4.79 Å². The summed E-state index contributed by atoms with van der Waals surface area (Å²) >= 11 is 5.19. The van der Waals surface area contributed by atoms with E-state index in [0.717, 1.165) is 23.5 Å². The average Bonchev–Trinajstić information content (AvgIpc) is 2.73. The first-order valence-electron chi connectivity index (χ1n) is 4.85. The van der Waals surface area contributed by atoms with Crippen LogP contribution in [-0.4, -0.2) is 16.1 Å². The Morgan fingerprint density at radius 2 is 2.40 bits per heavy atom. The van der Waals surface area contributed by atoms with Gasteiger partial charge in [-0.1, -0.05) is 0 Å². The van der Waals surface area contributed by atoms with E-state index in [1.165, 1.54) is 0 Å². The number of nitrogens with two attached hydrogens (primary N) is 1. The first-order valence-corrected chi connectivity index (χ1v) is 6.80. The van der Waals surface area contributed by atoms with Crippen LogP contribution in [0.4, 0.5) is 5.69 Å². The van der Waals surface area contributed by atoms with E-state index in [1.807, 2.05) is 18.7 Å². The van der Waals surface area contributed by atoms with Crippen LogP contribution in [-0.2, 0) is 0 Å². The van der Waals surface area contributed by atoms with E-state index < -0.39 is 0 Å². The highest BCUT2D eigenvalue weighted by Gasteiger charge is 2.20. The van der Waals surface area contributed by atoms with Crippen LogP contribution in [0.15, 0.2) is 15.5 Å². The maximum Gasteiger partial charge on any atom is 0.265 e. The van der Waals surface area contributed by atoms with Gasteiger partial charge < -0.3 is 10.3 Å². The number of aromatic nitrogens is 1. The van der Waals surface area contributed by atoms with Crippen LogP contribution < -0.4 is 11.3 Å². The second-order valence-corrected chi connectivity index (χ2v) is 5.70. The van der Waals surface area contributed by atoms with Crippen LogP contribution in [0.25, 0.3) is 0 Å². The average molecular weight is 289 g/mol. The van der Waals surface area contributed by atoms with Gasteiger partial charge in [-0.15, -0.1) is 0 Å². The van der Waals surface area contributed by atoms with Crippen molar-refractivity contribution in [3.8, 4) is 0 Å². The molecule has 0 saturated carbocycles. The smallest absolute Gasteiger partial charge is 0.265 e. The number of anilines is 1. The molecule has 1 aromatic rings. The summed E-state index contributed by atoms with van der Waals surface area (Å²) in [6.07, 6.45) is 2.83. The van der Waals surface area contributed by atoms with Gasteiger partial charge >= 0.3 is 0 Å². The highest BCUT2D eigenvalue weighted by atomic mass is 79.9. The van der Waals surface area contributed by atoms with Crippen LogP contribution in [0.5, 0.6) is 0 Å². The summed E-state index contributed by atoms with van der Waals surface area (Å²) in [4.78, 5) is 12.0. The molecule has 0 radical (unpaired) electrons. The molecule has 0 aromatic carbocycles. The van der Waals surface area contributed by atoms with Gasteiger partial charge in [0.15, 0.2) is 0 Å². The number of nitrogen functional groups attached to an aromatic ring is 1. The predicted molar refractivity (Wildman–Crippen MR) is 68.5 cm³/mol. The standard InChI is InChI=1S/C10H13BrN2OS/c1-6-8(12)4-13(10(14)9(6)11)7-2-3-15-5-7/h4,7H,2-3,5,12H2,1H3. The second-order valence-electron chi connectivity index (χ2n) is 3.75. The normalized spacial score (nSPS) is 20.8. The molecule has 82 valence electrons. The molecule has 0 spiro atoms. The topological polar surface area (TPSA) is 48.0 Å². The number of thioether (sulfide) groups is 1. The third-order valence-electron chi connectivity index (χ3n) is 2.76. The lowest BCUT2D eigenvalue weighted by Gasteiger charge is -2.15. The van der Waals surface area contributed by atoms with Crippen molar-refractivity contribution < 1.29 is 0 Å². The van der Waals surface area contributed by atoms with E-state index in [9.17, 15) is 4.79 Å². The summed E-state index contributed by atoms with van der Waals surface area (Å²) < 4.78 is 2.37. The van der Waals surface area contributed by atoms with Gasteiger partial charge in [-0.25, -0.2) is 0 Å². The largest absolute Gasteiger partial charge is 0.397 e. The van der Waals surface area contributed by atoms with Crippen LogP contribution in [0, 0.1) is 6.92 Å². The molecule has 0 aliphatic carbocycles. The maximum absolute atomic E-state index is 12.0. The fraction of sp³-hybridized carbons (Fsp3) is 0.500. The van der Waals surface area contributed by atoms with Crippen molar-refractivity contribution in [2.45, 2.75) is 19.4 Å². The zero-order valence-corrected chi connectivity index (χ0v) is 10.9. The lowest BCUT2D eigenvalue weighted by molar-refractivity contribution is 0.540. The molecule has 1 aromatic heterocycles. The third-order valence-corrected chi connectivity index (χ3v) is 4.84. The summed E-state index contributed by atoms with van der Waals surface area (Å²) in [6.45, 7) is 1.86. The highest BCUT2D eigenvalue weighted by molar-refractivity contribution is 9.10. The first kappa shape index (κ1) is 11.1. The molecule has 1 saturated heterocycles. The van der Waals surface area contributed by atoms with Gasteiger partial charge in [0, 0.05) is 18.0 Å². The molecular formula is C10H13BrN2OS. The predicted octanol–water partition coefficient (Wildman–Crippen LogP) is 2.18. The summed E-state index contributed by atoms with van der Waals surface area (Å²) in [5.74, 6) is 2.14. The Morgan fingerprint density at radius 3 is 3.00 bits per heavy atom. The van der Waals surface area contributed by atoms with Crippen molar-refractivity contribution in [3.63, 3.8) is 0 Å². The number of nitrogens with zero attached hydrogens (tertiary/aromatic N) is 1. The van der Waals surface area contributed by atoms with Crippen molar-refractivity contribution in [1.29, 1.82) is 0 Å². The zero-order chi connectivity index (χ0) is 11.0. The monoisotopic (exact) mass is 288 g/mol. The molecular weight excluding hydrogens is 276 g/mol. The minimum Gasteiger partial charge on any atom is -0.397 e. The minimum atomic E-state index is 0.0363. The third kappa shape index (κ3) is 1.95. The molecule has 1 atom stereocenters. The molecule has 1 unspecified atom stereocenters. The van der Waals surface area contributed by atoms with E-state index in [0.29, 0.717) is 16.2 Å². The first-order chi connectivity index (χ1) is 7.11. The fourth-order valence-electron chi connectivity index (χ4n) is 1.72. The van der Waals surface area contributed by atoms with Gasteiger partial charge in [-0.2, -0.15) is 11.8 Å². The summed E-state index contributed by atoms with van der Waals surface area (Å²) in [7, 11) is 0. The lowest BCUT2D eigenvalue weighted by atomic mass is 10.2. The fourth-order valence-corrected chi connectivity index (χ4v) is 3.36. The molecule has 1 fully saturated rings. The van der Waals surface area contributed by atoms with E-state index in [1.54, 1.807) is 10.8 Å². The quantitative estimate of drug-likeness (QED) is 0.862. The van der Waals surface area contributed by atoms with Crippen molar-refractivity contribution in [2.75, 3.05) is 17.2 Å². The van der Waals surface area contributed by atoms with Crippen molar-refractivity contribution in [1.82, 2.24) is 4.57 Å². The van der Waals surface area contributed by atoms with Gasteiger partial charge in [0.1, 0.15) is 0 Å². The molecule has 1 aliphatic rings. The molecule has 1 aliphatic heterocycles. The van der Waals surface area contributed by atoms with Crippen molar-refractivity contribution >= 4 is 33.4 Å². The van der Waals surface area contributed by atoms with Crippen LogP contribution >= 0.6 is 27.7 Å². The Bertz CT molecular complexity index is 438. The van der Waals surface area contributed by atoms with E-state index >= 15 is 0 Å². The van der Waals surface area contributed by atoms with Gasteiger partial charge in [0.25, 0.3) is 5.56 Å². The molecule has 5 heteroatoms. The van der Waals surface area contributed by atoms with E-state index in [-0.39, 0.29) is 5.56 Å². The van der Waals surface area contributed by atoms with E-state index in [2.05, 4.69) is 15.9 Å². The highest BCUT2D eigenvalue weighted by Crippen LogP contribution is 2.28. The van der Waals surface area contributed by atoms with Crippen molar-refractivity contribution in [3.05, 3.63) is 26.6 Å². The SMILES string of the molecule is Cc1c(N)cn(C2CCSC2)c(=O)c1Br. The minimum absolute atomic E-state index is 0.0363. The molecule has 0 bridgehead atoms. The number of pyridine rings is 1. The molecule has 15 heavy (non-hydrogen) atoms. The second kappa shape index (κ2) is 4.22. The molecule has 3 nitrogen and oxygen atoms in total. The molecule has 2 N–H and O–H groups in total. The van der Waals surface area contributed by atoms with Gasteiger partial charge in [0.2, 0.25) is 0 Å². The van der Waals surface area contributed by atoms with E-state index in [4.69, 9.17) is 5.73 Å². The Balaban J connectivity index is 2.52. The zero-order valence-electron chi connectivity index (χ0n) is 8.50. The number of hydrogen-bond donors (Lipinski definition) is 1.